The molecule has 0 heterocycles. The molecule has 0 aromatic heterocycles. The smallest absolute Gasteiger partial charge is 0.128 e. The summed E-state index contributed by atoms with van der Waals surface area (Å²) in [5, 5.41) is 3.17. The molecule has 0 amide bonds. The number of hydrogen-bond acceptors (Lipinski definition) is 1. The van der Waals surface area contributed by atoms with Crippen molar-refractivity contribution in [2.75, 3.05) is 0 Å². The van der Waals surface area contributed by atoms with Crippen LogP contribution in [0.4, 0.5) is 13.2 Å². The molecule has 0 fully saturated rings. The monoisotopic (exact) mass is 279 g/mol. The Labute approximate surface area is 116 Å². The minimum atomic E-state index is -0.468. The summed E-state index contributed by atoms with van der Waals surface area (Å²) in [6.07, 6.45) is 0. The van der Waals surface area contributed by atoms with E-state index >= 15 is 0 Å². The molecular formula is C16H16F3N. The van der Waals surface area contributed by atoms with Crippen LogP contribution >= 0.6 is 0 Å². The van der Waals surface area contributed by atoms with E-state index in [1.54, 1.807) is 19.1 Å². The fourth-order valence-corrected chi connectivity index (χ4v) is 2.16. The molecule has 106 valence electrons. The maximum absolute atomic E-state index is 13.7. The first-order chi connectivity index (χ1) is 9.47. The van der Waals surface area contributed by atoms with Crippen LogP contribution in [0.25, 0.3) is 0 Å². The summed E-state index contributed by atoms with van der Waals surface area (Å²) in [6, 6.07) is 9.02. The molecule has 0 bridgehead atoms. The van der Waals surface area contributed by atoms with Gasteiger partial charge in [-0.1, -0.05) is 12.1 Å². The first-order valence-electron chi connectivity index (χ1n) is 6.44. The van der Waals surface area contributed by atoms with Gasteiger partial charge in [0.1, 0.15) is 17.5 Å². The molecule has 2 aromatic carbocycles. The Balaban J connectivity index is 2.12. The SMILES string of the molecule is CC(N[C@@H](C)c1ccc(F)cc1)c1cc(F)ccc1F. The van der Waals surface area contributed by atoms with Gasteiger partial charge in [0.05, 0.1) is 0 Å². The van der Waals surface area contributed by atoms with Crippen molar-refractivity contribution in [1.29, 1.82) is 0 Å². The predicted octanol–water partition coefficient (Wildman–Crippen LogP) is 4.52. The van der Waals surface area contributed by atoms with Gasteiger partial charge < -0.3 is 5.32 Å². The summed E-state index contributed by atoms with van der Waals surface area (Å²) in [4.78, 5) is 0. The van der Waals surface area contributed by atoms with E-state index < -0.39 is 11.6 Å². The van der Waals surface area contributed by atoms with Gasteiger partial charge in [-0.3, -0.25) is 0 Å². The van der Waals surface area contributed by atoms with Crippen LogP contribution in [-0.4, -0.2) is 0 Å². The topological polar surface area (TPSA) is 12.0 Å². The Kier molecular flexibility index (Phi) is 4.45. The number of rotatable bonds is 4. The number of nitrogens with one attached hydrogen (secondary N) is 1. The first kappa shape index (κ1) is 14.6. The first-order valence-corrected chi connectivity index (χ1v) is 6.44. The van der Waals surface area contributed by atoms with Crippen LogP contribution in [0, 0.1) is 17.5 Å². The molecule has 0 aliphatic rings. The Hall–Kier alpha value is -1.81. The Morgan fingerprint density at radius 3 is 2.05 bits per heavy atom. The molecule has 0 radical (unpaired) electrons. The molecular weight excluding hydrogens is 263 g/mol. The lowest BCUT2D eigenvalue weighted by Gasteiger charge is -2.21. The summed E-state index contributed by atoms with van der Waals surface area (Å²) in [5.41, 5.74) is 1.16. The van der Waals surface area contributed by atoms with Crippen LogP contribution in [0.3, 0.4) is 0 Å². The molecule has 1 nitrogen and oxygen atoms in total. The van der Waals surface area contributed by atoms with Crippen molar-refractivity contribution in [3.8, 4) is 0 Å². The molecule has 0 aliphatic heterocycles. The van der Waals surface area contributed by atoms with Crippen molar-refractivity contribution in [1.82, 2.24) is 5.32 Å². The molecule has 2 aromatic rings. The quantitative estimate of drug-likeness (QED) is 0.868. The highest BCUT2D eigenvalue weighted by Crippen LogP contribution is 2.22. The normalized spacial score (nSPS) is 14.1. The van der Waals surface area contributed by atoms with Gasteiger partial charge >= 0.3 is 0 Å². The molecule has 2 atom stereocenters. The standard InChI is InChI=1S/C16H16F3N/c1-10(12-3-5-13(17)6-4-12)20-11(2)15-9-14(18)7-8-16(15)19/h3-11,20H,1-2H3/t10-,11?/m0/s1. The zero-order chi connectivity index (χ0) is 14.7. The van der Waals surface area contributed by atoms with Crippen LogP contribution in [-0.2, 0) is 0 Å². The second kappa shape index (κ2) is 6.09. The van der Waals surface area contributed by atoms with Crippen LogP contribution < -0.4 is 5.32 Å². The zero-order valence-electron chi connectivity index (χ0n) is 11.3. The Morgan fingerprint density at radius 1 is 0.800 bits per heavy atom. The third kappa shape index (κ3) is 3.39. The molecule has 0 spiro atoms. The van der Waals surface area contributed by atoms with Gasteiger partial charge in [0, 0.05) is 17.6 Å². The third-order valence-electron chi connectivity index (χ3n) is 3.29. The summed E-state index contributed by atoms with van der Waals surface area (Å²) in [6.45, 7) is 3.65. The minimum absolute atomic E-state index is 0.103. The maximum Gasteiger partial charge on any atom is 0.128 e. The Bertz CT molecular complexity index is 581. The van der Waals surface area contributed by atoms with E-state index in [2.05, 4.69) is 5.32 Å². The van der Waals surface area contributed by atoms with Gasteiger partial charge in [0.15, 0.2) is 0 Å². The van der Waals surface area contributed by atoms with Crippen molar-refractivity contribution in [3.05, 3.63) is 71.0 Å². The van der Waals surface area contributed by atoms with E-state index in [1.165, 1.54) is 18.2 Å². The second-order valence-corrected chi connectivity index (χ2v) is 4.83. The highest BCUT2D eigenvalue weighted by molar-refractivity contribution is 5.24. The minimum Gasteiger partial charge on any atom is -0.304 e. The van der Waals surface area contributed by atoms with E-state index in [0.29, 0.717) is 0 Å². The zero-order valence-corrected chi connectivity index (χ0v) is 11.3. The molecule has 0 saturated carbocycles. The van der Waals surface area contributed by atoms with Crippen LogP contribution in [0.2, 0.25) is 0 Å². The number of halogens is 3. The highest BCUT2D eigenvalue weighted by Gasteiger charge is 2.15. The molecule has 1 N–H and O–H groups in total. The molecule has 2 rings (SSSR count). The molecule has 4 heteroatoms. The fraction of sp³-hybridized carbons (Fsp3) is 0.250. The van der Waals surface area contributed by atoms with Crippen molar-refractivity contribution in [2.45, 2.75) is 25.9 Å². The Morgan fingerprint density at radius 2 is 1.40 bits per heavy atom. The van der Waals surface area contributed by atoms with E-state index in [4.69, 9.17) is 0 Å². The highest BCUT2D eigenvalue weighted by atomic mass is 19.1. The van der Waals surface area contributed by atoms with Gasteiger partial charge in [-0.15, -0.1) is 0 Å². The van der Waals surface area contributed by atoms with Crippen molar-refractivity contribution in [3.63, 3.8) is 0 Å². The van der Waals surface area contributed by atoms with Gasteiger partial charge in [-0.25, -0.2) is 13.2 Å². The molecule has 0 saturated heterocycles. The summed E-state index contributed by atoms with van der Waals surface area (Å²) < 4.78 is 39.7. The van der Waals surface area contributed by atoms with E-state index in [1.807, 2.05) is 6.92 Å². The molecule has 0 aliphatic carbocycles. The maximum atomic E-state index is 13.7. The van der Waals surface area contributed by atoms with Crippen molar-refractivity contribution in [2.24, 2.45) is 0 Å². The van der Waals surface area contributed by atoms with Gasteiger partial charge in [0.2, 0.25) is 0 Å². The van der Waals surface area contributed by atoms with Gasteiger partial charge in [0.25, 0.3) is 0 Å². The predicted molar refractivity (Wildman–Crippen MR) is 72.7 cm³/mol. The van der Waals surface area contributed by atoms with Crippen LogP contribution in [0.1, 0.15) is 37.1 Å². The van der Waals surface area contributed by atoms with E-state index in [0.717, 1.165) is 17.7 Å². The summed E-state index contributed by atoms with van der Waals surface area (Å²) >= 11 is 0. The lowest BCUT2D eigenvalue weighted by Crippen LogP contribution is -2.23. The second-order valence-electron chi connectivity index (χ2n) is 4.83. The van der Waals surface area contributed by atoms with Crippen LogP contribution in [0.15, 0.2) is 42.5 Å². The largest absolute Gasteiger partial charge is 0.304 e. The van der Waals surface area contributed by atoms with Crippen LogP contribution in [0.5, 0.6) is 0 Å². The fourth-order valence-electron chi connectivity index (χ4n) is 2.16. The number of benzene rings is 2. The van der Waals surface area contributed by atoms with E-state index in [-0.39, 0.29) is 23.5 Å². The van der Waals surface area contributed by atoms with Gasteiger partial charge in [-0.2, -0.15) is 0 Å². The average Bonchev–Trinajstić information content (AvgIpc) is 2.42. The summed E-state index contributed by atoms with van der Waals surface area (Å²) in [7, 11) is 0. The summed E-state index contributed by atoms with van der Waals surface area (Å²) in [5.74, 6) is -1.22. The third-order valence-corrected chi connectivity index (χ3v) is 3.29. The van der Waals surface area contributed by atoms with Crippen molar-refractivity contribution < 1.29 is 13.2 Å². The lowest BCUT2D eigenvalue weighted by atomic mass is 10.0. The lowest BCUT2D eigenvalue weighted by molar-refractivity contribution is 0.469. The molecule has 20 heavy (non-hydrogen) atoms. The van der Waals surface area contributed by atoms with Gasteiger partial charge in [-0.05, 0) is 49.7 Å². The van der Waals surface area contributed by atoms with E-state index in [9.17, 15) is 13.2 Å². The van der Waals surface area contributed by atoms with Crippen molar-refractivity contribution >= 4 is 0 Å². The number of hydrogen-bond donors (Lipinski definition) is 1. The average molecular weight is 279 g/mol. The molecule has 1 unspecified atom stereocenters.